The fourth-order valence-corrected chi connectivity index (χ4v) is 2.38. The maximum atomic E-state index is 11.9. The molecule has 0 aromatic carbocycles. The van der Waals surface area contributed by atoms with Gasteiger partial charge in [0, 0.05) is 26.7 Å². The third-order valence-electron chi connectivity index (χ3n) is 3.24. The second-order valence-corrected chi connectivity index (χ2v) is 9.19. The molecule has 0 saturated carbocycles. The van der Waals surface area contributed by atoms with Crippen LogP contribution in [0.5, 0.6) is 0 Å². The summed E-state index contributed by atoms with van der Waals surface area (Å²) >= 11 is 0. The van der Waals surface area contributed by atoms with Gasteiger partial charge in [0.2, 0.25) is 0 Å². The first kappa shape index (κ1) is 27.4. The minimum Gasteiger partial charge on any atom is -0.444 e. The predicted molar refractivity (Wildman–Crippen MR) is 121 cm³/mol. The molecule has 0 heterocycles. The minimum atomic E-state index is -0.511. The van der Waals surface area contributed by atoms with Crippen LogP contribution in [0.15, 0.2) is 4.99 Å². The molecule has 0 fully saturated rings. The van der Waals surface area contributed by atoms with Gasteiger partial charge in [0.25, 0.3) is 0 Å². The zero-order valence-corrected chi connectivity index (χ0v) is 20.6. The Balaban J connectivity index is 0. The fourth-order valence-electron chi connectivity index (χ4n) is 2.38. The van der Waals surface area contributed by atoms with Crippen molar-refractivity contribution in [1.82, 2.24) is 20.9 Å². The van der Waals surface area contributed by atoms with E-state index in [2.05, 4.69) is 53.8 Å². The average molecular weight is 485 g/mol. The molecule has 0 unspecified atom stereocenters. The van der Waals surface area contributed by atoms with Crippen molar-refractivity contribution in [3.63, 3.8) is 0 Å². The summed E-state index contributed by atoms with van der Waals surface area (Å²) in [6.07, 6.45) is -0.422. The number of nitrogens with zero attached hydrogens (tertiary/aromatic N) is 2. The fraction of sp³-hybridized carbons (Fsp3) is 0.889. The number of rotatable bonds is 7. The van der Waals surface area contributed by atoms with Crippen LogP contribution in [0.4, 0.5) is 4.79 Å². The zero-order chi connectivity index (χ0) is 19.9. The quantitative estimate of drug-likeness (QED) is 0.294. The van der Waals surface area contributed by atoms with E-state index in [4.69, 9.17) is 4.74 Å². The number of carbonyl (C=O) groups is 1. The first-order valence-corrected chi connectivity index (χ1v) is 8.76. The molecular formula is C18H40IN5O2. The maximum absolute atomic E-state index is 11.9. The molecule has 0 aliphatic rings. The van der Waals surface area contributed by atoms with E-state index in [1.807, 2.05) is 34.6 Å². The van der Waals surface area contributed by atoms with Crippen molar-refractivity contribution in [1.29, 1.82) is 0 Å². The summed E-state index contributed by atoms with van der Waals surface area (Å²) < 4.78 is 5.31. The molecule has 0 aromatic heterocycles. The third kappa shape index (κ3) is 14.4. The Kier molecular flexibility index (Phi) is 11.8. The van der Waals surface area contributed by atoms with Crippen LogP contribution in [0.2, 0.25) is 0 Å². The molecule has 3 N–H and O–H groups in total. The molecule has 0 atom stereocenters. The number of aliphatic imine (C=N–C) groups is 1. The number of halogens is 1. The van der Waals surface area contributed by atoms with Gasteiger partial charge in [0.05, 0.1) is 5.54 Å². The Morgan fingerprint density at radius 3 is 1.92 bits per heavy atom. The Labute approximate surface area is 177 Å². The highest BCUT2D eigenvalue weighted by molar-refractivity contribution is 14.0. The van der Waals surface area contributed by atoms with Crippen molar-refractivity contribution >= 4 is 36.0 Å². The Hall–Kier alpha value is -0.770. The number of hydrogen-bond donors (Lipinski definition) is 3. The van der Waals surface area contributed by atoms with Crippen molar-refractivity contribution in [2.75, 3.05) is 40.8 Å². The average Bonchev–Trinajstić information content (AvgIpc) is 2.33. The van der Waals surface area contributed by atoms with E-state index in [1.54, 1.807) is 7.05 Å². The predicted octanol–water partition coefficient (Wildman–Crippen LogP) is 2.66. The molecule has 7 nitrogen and oxygen atoms in total. The van der Waals surface area contributed by atoms with Crippen LogP contribution in [0.1, 0.15) is 48.5 Å². The molecule has 8 heteroatoms. The number of hydrogen-bond acceptors (Lipinski definition) is 4. The summed E-state index contributed by atoms with van der Waals surface area (Å²) in [5.41, 5.74) is -0.867. The Morgan fingerprint density at radius 2 is 1.50 bits per heavy atom. The molecule has 1 amide bonds. The molecule has 26 heavy (non-hydrogen) atoms. The van der Waals surface area contributed by atoms with Crippen molar-refractivity contribution < 1.29 is 9.53 Å². The van der Waals surface area contributed by atoms with Crippen molar-refractivity contribution in [3.8, 4) is 0 Å². The molecular weight excluding hydrogens is 445 g/mol. The van der Waals surface area contributed by atoms with Crippen LogP contribution in [0.3, 0.4) is 0 Å². The summed E-state index contributed by atoms with van der Waals surface area (Å²) in [4.78, 5) is 18.4. The van der Waals surface area contributed by atoms with Crippen LogP contribution < -0.4 is 16.0 Å². The number of guanidine groups is 1. The van der Waals surface area contributed by atoms with Crippen LogP contribution in [0, 0.1) is 5.41 Å². The van der Waals surface area contributed by atoms with Gasteiger partial charge in [-0.05, 0) is 54.1 Å². The summed E-state index contributed by atoms with van der Waals surface area (Å²) in [5, 5.41) is 9.48. The van der Waals surface area contributed by atoms with Gasteiger partial charge in [-0.25, -0.2) is 4.79 Å². The molecule has 0 rings (SSSR count). The first-order chi connectivity index (χ1) is 11.2. The van der Waals surface area contributed by atoms with E-state index in [1.165, 1.54) is 0 Å². The second-order valence-electron chi connectivity index (χ2n) is 9.19. The number of amides is 1. The lowest BCUT2D eigenvalue weighted by molar-refractivity contribution is 0.0474. The van der Waals surface area contributed by atoms with E-state index < -0.39 is 17.2 Å². The molecule has 0 aromatic rings. The van der Waals surface area contributed by atoms with Crippen LogP contribution >= 0.6 is 24.0 Å². The number of ether oxygens (including phenoxy) is 1. The molecule has 0 saturated heterocycles. The third-order valence-corrected chi connectivity index (χ3v) is 3.24. The number of carbonyl (C=O) groups excluding carboxylic acids is 1. The lowest BCUT2D eigenvalue weighted by Crippen LogP contribution is -2.55. The van der Waals surface area contributed by atoms with E-state index in [-0.39, 0.29) is 29.4 Å². The lowest BCUT2D eigenvalue weighted by Gasteiger charge is -2.31. The normalized spacial score (nSPS) is 13.1. The van der Waals surface area contributed by atoms with Gasteiger partial charge in [0.1, 0.15) is 5.60 Å². The molecule has 0 aliphatic carbocycles. The Bertz CT molecular complexity index is 457. The smallest absolute Gasteiger partial charge is 0.408 e. The van der Waals surface area contributed by atoms with Crippen molar-refractivity contribution in [3.05, 3.63) is 0 Å². The topological polar surface area (TPSA) is 78.0 Å². The molecule has 0 spiro atoms. The molecule has 0 radical (unpaired) electrons. The van der Waals surface area contributed by atoms with Gasteiger partial charge in [-0.2, -0.15) is 0 Å². The van der Waals surface area contributed by atoms with Gasteiger partial charge in [-0.3, -0.25) is 4.99 Å². The summed E-state index contributed by atoms with van der Waals surface area (Å²) in [6, 6.07) is 0. The van der Waals surface area contributed by atoms with Gasteiger partial charge in [-0.15, -0.1) is 24.0 Å². The second kappa shape index (κ2) is 11.2. The maximum Gasteiger partial charge on any atom is 0.408 e. The first-order valence-electron chi connectivity index (χ1n) is 8.76. The van der Waals surface area contributed by atoms with E-state index in [9.17, 15) is 4.79 Å². The van der Waals surface area contributed by atoms with E-state index in [0.717, 1.165) is 13.1 Å². The largest absolute Gasteiger partial charge is 0.444 e. The van der Waals surface area contributed by atoms with Gasteiger partial charge in [0.15, 0.2) is 5.96 Å². The standard InChI is InChI=1S/C18H39N5O2.HI/c1-16(2,3)25-15(24)22-18(6,7)12-21-14(19-8)20-11-17(4,5)13-23(9)10;/h11-13H2,1-10H3,(H,22,24)(H2,19,20,21);1H. The summed E-state index contributed by atoms with van der Waals surface area (Å²) in [6.45, 7) is 16.1. The SMILES string of the molecule is CN=C(NCC(C)(C)CN(C)C)NCC(C)(C)NC(=O)OC(C)(C)C.I. The van der Waals surface area contributed by atoms with Crippen LogP contribution in [-0.4, -0.2) is 68.9 Å². The highest BCUT2D eigenvalue weighted by Gasteiger charge is 2.25. The molecule has 156 valence electrons. The van der Waals surface area contributed by atoms with Crippen LogP contribution in [-0.2, 0) is 4.74 Å². The van der Waals surface area contributed by atoms with Crippen LogP contribution in [0.25, 0.3) is 0 Å². The number of alkyl carbamates (subject to hydrolysis) is 1. The van der Waals surface area contributed by atoms with E-state index >= 15 is 0 Å². The Morgan fingerprint density at radius 1 is 1.00 bits per heavy atom. The molecule has 0 aliphatic heterocycles. The van der Waals surface area contributed by atoms with Gasteiger partial charge in [-0.1, -0.05) is 13.8 Å². The summed E-state index contributed by atoms with van der Waals surface area (Å²) in [7, 11) is 5.88. The lowest BCUT2D eigenvalue weighted by atomic mass is 9.93. The summed E-state index contributed by atoms with van der Waals surface area (Å²) in [5.74, 6) is 0.714. The van der Waals surface area contributed by atoms with E-state index in [0.29, 0.717) is 12.5 Å². The van der Waals surface area contributed by atoms with Gasteiger partial charge >= 0.3 is 6.09 Å². The highest BCUT2D eigenvalue weighted by Crippen LogP contribution is 2.14. The zero-order valence-electron chi connectivity index (χ0n) is 18.2. The number of nitrogens with one attached hydrogen (secondary N) is 3. The minimum absolute atomic E-state index is 0. The van der Waals surface area contributed by atoms with Crippen molar-refractivity contribution in [2.45, 2.75) is 59.6 Å². The molecule has 0 bridgehead atoms. The highest BCUT2D eigenvalue weighted by atomic mass is 127. The monoisotopic (exact) mass is 485 g/mol. The van der Waals surface area contributed by atoms with Gasteiger partial charge < -0.3 is 25.6 Å². The van der Waals surface area contributed by atoms with Crippen molar-refractivity contribution in [2.24, 2.45) is 10.4 Å².